The minimum absolute atomic E-state index is 0.222. The van der Waals surface area contributed by atoms with Crippen LogP contribution in [0.2, 0.25) is 0 Å². The quantitative estimate of drug-likeness (QED) is 0.846. The third-order valence-corrected chi connectivity index (χ3v) is 4.25. The molecule has 2 rings (SSSR count). The third-order valence-electron chi connectivity index (χ3n) is 2.72. The first-order valence-electron chi connectivity index (χ1n) is 5.53. The second-order valence-electron chi connectivity index (χ2n) is 4.13. The van der Waals surface area contributed by atoms with E-state index in [0.717, 1.165) is 18.2 Å². The Kier molecular flexibility index (Phi) is 3.83. The number of carboxylic acids is 1. The summed E-state index contributed by atoms with van der Waals surface area (Å²) in [4.78, 5) is 10.1. The van der Waals surface area contributed by atoms with Crippen molar-refractivity contribution >= 4 is 16.0 Å². The van der Waals surface area contributed by atoms with E-state index in [9.17, 15) is 17.6 Å². The Morgan fingerprint density at radius 3 is 2.79 bits per heavy atom. The summed E-state index contributed by atoms with van der Waals surface area (Å²) in [5, 5.41) is 8.79. The van der Waals surface area contributed by atoms with E-state index in [1.807, 2.05) is 0 Å². The van der Waals surface area contributed by atoms with Gasteiger partial charge in [-0.15, -0.1) is 0 Å². The number of hydrogen-bond donors (Lipinski definition) is 2. The number of carbonyl (C=O) groups is 1. The highest BCUT2D eigenvalue weighted by atomic mass is 32.2. The minimum Gasteiger partial charge on any atom is -0.478 e. The molecule has 2 N–H and O–H groups in total. The molecule has 0 aliphatic carbocycles. The molecule has 1 atom stereocenters. The largest absolute Gasteiger partial charge is 0.478 e. The number of ether oxygens (including phenoxy) is 1. The Morgan fingerprint density at radius 1 is 1.47 bits per heavy atom. The molecule has 0 bridgehead atoms. The van der Waals surface area contributed by atoms with Crippen molar-refractivity contribution in [2.24, 2.45) is 0 Å². The maximum Gasteiger partial charge on any atom is 0.335 e. The van der Waals surface area contributed by atoms with E-state index in [2.05, 4.69) is 4.72 Å². The Morgan fingerprint density at radius 2 is 2.21 bits per heavy atom. The lowest BCUT2D eigenvalue weighted by molar-refractivity contribution is 0.0696. The molecule has 0 radical (unpaired) electrons. The zero-order chi connectivity index (χ0) is 14.0. The summed E-state index contributed by atoms with van der Waals surface area (Å²) >= 11 is 0. The van der Waals surface area contributed by atoms with E-state index in [-0.39, 0.29) is 12.2 Å². The molecule has 1 aromatic rings. The number of aromatic carboxylic acids is 1. The first-order valence-corrected chi connectivity index (χ1v) is 7.01. The van der Waals surface area contributed by atoms with Gasteiger partial charge >= 0.3 is 5.97 Å². The number of nitrogens with one attached hydrogen (secondary N) is 1. The Hall–Kier alpha value is -1.51. The van der Waals surface area contributed by atoms with E-state index in [0.29, 0.717) is 13.0 Å². The van der Waals surface area contributed by atoms with Crippen molar-refractivity contribution in [3.8, 4) is 0 Å². The highest BCUT2D eigenvalue weighted by molar-refractivity contribution is 7.89. The van der Waals surface area contributed by atoms with Gasteiger partial charge < -0.3 is 9.84 Å². The molecule has 1 aliphatic heterocycles. The van der Waals surface area contributed by atoms with E-state index < -0.39 is 32.7 Å². The Balaban J connectivity index is 2.33. The first-order chi connectivity index (χ1) is 8.90. The lowest BCUT2D eigenvalue weighted by Crippen LogP contribution is -2.35. The summed E-state index contributed by atoms with van der Waals surface area (Å²) in [6, 6.07) is 2.21. The van der Waals surface area contributed by atoms with Crippen LogP contribution in [0.5, 0.6) is 0 Å². The predicted octanol–water partition coefficient (Wildman–Crippen LogP) is 0.591. The number of hydrogen-bond acceptors (Lipinski definition) is 4. The van der Waals surface area contributed by atoms with Crippen LogP contribution in [0.4, 0.5) is 4.39 Å². The van der Waals surface area contributed by atoms with Crippen LogP contribution in [0.25, 0.3) is 0 Å². The summed E-state index contributed by atoms with van der Waals surface area (Å²) in [5.41, 5.74) is -0.288. The molecular weight excluding hydrogens is 277 g/mol. The van der Waals surface area contributed by atoms with Gasteiger partial charge in [0.1, 0.15) is 10.7 Å². The number of sulfonamides is 1. The van der Waals surface area contributed by atoms with Crippen molar-refractivity contribution < 1.29 is 27.4 Å². The van der Waals surface area contributed by atoms with Crippen molar-refractivity contribution in [1.82, 2.24) is 4.72 Å². The lowest BCUT2D eigenvalue weighted by atomic mass is 10.2. The van der Waals surface area contributed by atoms with Crippen molar-refractivity contribution in [3.63, 3.8) is 0 Å². The van der Waals surface area contributed by atoms with Crippen molar-refractivity contribution in [1.29, 1.82) is 0 Å². The molecule has 1 heterocycles. The second kappa shape index (κ2) is 5.24. The summed E-state index contributed by atoms with van der Waals surface area (Å²) in [7, 11) is -4.10. The molecular formula is C11H12FNO5S. The van der Waals surface area contributed by atoms with Crippen LogP contribution in [0, 0.1) is 5.82 Å². The molecule has 0 aromatic heterocycles. The molecule has 1 aliphatic rings. The SMILES string of the molecule is O=C(O)c1ccc(F)c(S(=O)(=O)NC2CCOC2)c1. The normalized spacial score (nSPS) is 19.5. The third kappa shape index (κ3) is 3.09. The number of halogens is 1. The molecule has 19 heavy (non-hydrogen) atoms. The molecule has 0 amide bonds. The highest BCUT2D eigenvalue weighted by Gasteiger charge is 2.26. The molecule has 0 saturated carbocycles. The minimum atomic E-state index is -4.10. The Labute approximate surface area is 109 Å². The van der Waals surface area contributed by atoms with Crippen LogP contribution >= 0.6 is 0 Å². The fraction of sp³-hybridized carbons (Fsp3) is 0.364. The lowest BCUT2D eigenvalue weighted by Gasteiger charge is -2.12. The number of benzene rings is 1. The number of carboxylic acid groups (broad SMARTS) is 1. The standard InChI is InChI=1S/C11H12FNO5S/c12-9-2-1-7(11(14)15)5-10(9)19(16,17)13-8-3-4-18-6-8/h1-2,5,8,13H,3-4,6H2,(H,14,15). The van der Waals surface area contributed by atoms with Gasteiger partial charge in [-0.25, -0.2) is 22.3 Å². The zero-order valence-electron chi connectivity index (χ0n) is 9.80. The summed E-state index contributed by atoms with van der Waals surface area (Å²) in [6.45, 7) is 0.657. The first kappa shape index (κ1) is 13.9. The van der Waals surface area contributed by atoms with Crippen LogP contribution < -0.4 is 4.72 Å². The number of rotatable bonds is 4. The van der Waals surface area contributed by atoms with Gasteiger partial charge in [0, 0.05) is 12.6 Å². The molecule has 104 valence electrons. The van der Waals surface area contributed by atoms with E-state index >= 15 is 0 Å². The molecule has 6 nitrogen and oxygen atoms in total. The summed E-state index contributed by atoms with van der Waals surface area (Å²) in [6.07, 6.45) is 0.499. The maximum atomic E-state index is 13.6. The Bertz CT molecular complexity index is 595. The van der Waals surface area contributed by atoms with Crippen molar-refractivity contribution in [2.75, 3.05) is 13.2 Å². The van der Waals surface area contributed by atoms with E-state index in [1.165, 1.54) is 0 Å². The maximum absolute atomic E-state index is 13.6. The van der Waals surface area contributed by atoms with Crippen LogP contribution in [0.1, 0.15) is 16.8 Å². The summed E-state index contributed by atoms with van der Waals surface area (Å²) < 4.78 is 44.8. The van der Waals surface area contributed by atoms with Crippen LogP contribution in [0.3, 0.4) is 0 Å². The van der Waals surface area contributed by atoms with Gasteiger partial charge in [-0.05, 0) is 24.6 Å². The average molecular weight is 289 g/mol. The average Bonchev–Trinajstić information content (AvgIpc) is 2.81. The van der Waals surface area contributed by atoms with Gasteiger partial charge in [0.2, 0.25) is 10.0 Å². The van der Waals surface area contributed by atoms with E-state index in [4.69, 9.17) is 9.84 Å². The highest BCUT2D eigenvalue weighted by Crippen LogP contribution is 2.18. The smallest absolute Gasteiger partial charge is 0.335 e. The topological polar surface area (TPSA) is 92.7 Å². The van der Waals surface area contributed by atoms with Gasteiger partial charge in [-0.1, -0.05) is 0 Å². The molecule has 1 aromatic carbocycles. The van der Waals surface area contributed by atoms with Gasteiger partial charge in [0.25, 0.3) is 0 Å². The van der Waals surface area contributed by atoms with Gasteiger partial charge in [-0.2, -0.15) is 0 Å². The van der Waals surface area contributed by atoms with Crippen LogP contribution in [-0.4, -0.2) is 38.7 Å². The molecule has 0 spiro atoms. The van der Waals surface area contributed by atoms with Crippen molar-refractivity contribution in [2.45, 2.75) is 17.4 Å². The summed E-state index contributed by atoms with van der Waals surface area (Å²) in [5.74, 6) is -2.31. The fourth-order valence-electron chi connectivity index (χ4n) is 1.75. The molecule has 1 fully saturated rings. The monoisotopic (exact) mass is 289 g/mol. The van der Waals surface area contributed by atoms with Crippen LogP contribution in [0.15, 0.2) is 23.1 Å². The molecule has 1 saturated heterocycles. The van der Waals surface area contributed by atoms with Crippen molar-refractivity contribution in [3.05, 3.63) is 29.6 Å². The van der Waals surface area contributed by atoms with E-state index in [1.54, 1.807) is 0 Å². The molecule has 8 heteroatoms. The van der Waals surface area contributed by atoms with Gasteiger partial charge in [-0.3, -0.25) is 0 Å². The zero-order valence-corrected chi connectivity index (χ0v) is 10.6. The fourth-order valence-corrected chi connectivity index (χ4v) is 3.11. The van der Waals surface area contributed by atoms with Crippen LogP contribution in [-0.2, 0) is 14.8 Å². The predicted molar refractivity (Wildman–Crippen MR) is 62.9 cm³/mol. The second-order valence-corrected chi connectivity index (χ2v) is 5.81. The van der Waals surface area contributed by atoms with Gasteiger partial charge in [0.15, 0.2) is 0 Å². The van der Waals surface area contributed by atoms with Gasteiger partial charge in [0.05, 0.1) is 12.2 Å². The molecule has 1 unspecified atom stereocenters.